The second-order valence-corrected chi connectivity index (χ2v) is 9.88. The van der Waals surface area contributed by atoms with E-state index in [1.807, 2.05) is 36.9 Å². The van der Waals surface area contributed by atoms with E-state index in [0.717, 1.165) is 11.3 Å². The van der Waals surface area contributed by atoms with E-state index in [0.29, 0.717) is 25.3 Å². The first-order chi connectivity index (χ1) is 15.8. The fraction of sp³-hybridized carbons (Fsp3) is 0.375. The molecule has 0 saturated carbocycles. The Kier molecular flexibility index (Phi) is 8.49. The summed E-state index contributed by atoms with van der Waals surface area (Å²) in [5.74, 6) is 0.325. The molecule has 3 aromatic rings. The number of hydrogen-bond donors (Lipinski definition) is 0. The van der Waals surface area contributed by atoms with Gasteiger partial charge in [0.25, 0.3) is 0 Å². The van der Waals surface area contributed by atoms with Gasteiger partial charge in [-0.25, -0.2) is 8.42 Å². The van der Waals surface area contributed by atoms with Gasteiger partial charge >= 0.3 is 0 Å². The van der Waals surface area contributed by atoms with Gasteiger partial charge in [0.1, 0.15) is 5.76 Å². The molecule has 2 heterocycles. The number of aryl methyl sites for hydroxylation is 2. The number of benzene rings is 1. The van der Waals surface area contributed by atoms with Crippen molar-refractivity contribution in [1.82, 2.24) is 13.8 Å². The number of nitrogens with zero attached hydrogens (tertiary/aromatic N) is 3. The van der Waals surface area contributed by atoms with Crippen molar-refractivity contribution in [2.24, 2.45) is 7.05 Å². The third kappa shape index (κ3) is 6.56. The lowest BCUT2D eigenvalue weighted by atomic mass is 10.2. The maximum absolute atomic E-state index is 13.4. The number of ether oxygens (including phenoxy) is 1. The van der Waals surface area contributed by atoms with Gasteiger partial charge < -0.3 is 18.6 Å². The first-order valence-corrected chi connectivity index (χ1v) is 12.2. The first-order valence-electron chi connectivity index (χ1n) is 10.8. The van der Waals surface area contributed by atoms with Gasteiger partial charge in [0.05, 0.1) is 30.8 Å². The summed E-state index contributed by atoms with van der Waals surface area (Å²) in [6.07, 6.45) is 3.94. The molecule has 8 nitrogen and oxygen atoms in total. The number of amides is 1. The van der Waals surface area contributed by atoms with Crippen molar-refractivity contribution in [3.8, 4) is 0 Å². The number of rotatable bonds is 12. The summed E-state index contributed by atoms with van der Waals surface area (Å²) in [6.45, 7) is 2.77. The van der Waals surface area contributed by atoms with Crippen LogP contribution in [0.5, 0.6) is 0 Å². The van der Waals surface area contributed by atoms with E-state index in [-0.39, 0.29) is 30.4 Å². The van der Waals surface area contributed by atoms with Crippen molar-refractivity contribution in [1.29, 1.82) is 0 Å². The predicted octanol–water partition coefficient (Wildman–Crippen LogP) is 3.18. The number of furan rings is 1. The van der Waals surface area contributed by atoms with Crippen LogP contribution in [0.1, 0.15) is 23.4 Å². The van der Waals surface area contributed by atoms with Crippen molar-refractivity contribution >= 4 is 15.9 Å². The highest BCUT2D eigenvalue weighted by molar-refractivity contribution is 7.89. The Bertz CT molecular complexity index is 1120. The van der Waals surface area contributed by atoms with E-state index in [4.69, 9.17) is 9.15 Å². The van der Waals surface area contributed by atoms with Crippen molar-refractivity contribution in [2.75, 3.05) is 26.8 Å². The summed E-state index contributed by atoms with van der Waals surface area (Å²) < 4.78 is 40.5. The van der Waals surface area contributed by atoms with Gasteiger partial charge in [-0.3, -0.25) is 4.79 Å². The van der Waals surface area contributed by atoms with Gasteiger partial charge in [0, 0.05) is 39.2 Å². The molecule has 2 aromatic heterocycles. The second kappa shape index (κ2) is 11.3. The SMILES string of the molecule is COCCCN(CC(=O)N(Cc1ccco1)Cc1cccn1C)S(=O)(=O)c1ccc(C)cc1. The molecule has 0 saturated heterocycles. The molecule has 0 fully saturated rings. The molecule has 9 heteroatoms. The first kappa shape index (κ1) is 24.8. The molecular formula is C24H31N3O5S. The van der Waals surface area contributed by atoms with E-state index < -0.39 is 10.0 Å². The zero-order valence-corrected chi connectivity index (χ0v) is 20.1. The lowest BCUT2D eigenvalue weighted by Gasteiger charge is -2.27. The van der Waals surface area contributed by atoms with Crippen molar-refractivity contribution in [3.05, 3.63) is 78.0 Å². The van der Waals surface area contributed by atoms with Gasteiger partial charge in [0.2, 0.25) is 15.9 Å². The molecule has 0 radical (unpaired) electrons. The predicted molar refractivity (Wildman–Crippen MR) is 125 cm³/mol. The standard InChI is InChI=1S/C24H31N3O5S/c1-20-9-11-23(12-10-20)33(29,30)27(14-6-15-31-3)19-24(28)26(18-22-8-5-16-32-22)17-21-7-4-13-25(21)2/h4-5,7-13,16H,6,14-15,17-19H2,1-3H3. The molecule has 0 bridgehead atoms. The summed E-state index contributed by atoms with van der Waals surface area (Å²) in [7, 11) is -0.387. The number of carbonyl (C=O) groups is 1. The topological polar surface area (TPSA) is 85.0 Å². The molecule has 0 atom stereocenters. The lowest BCUT2D eigenvalue weighted by molar-refractivity contribution is -0.133. The van der Waals surface area contributed by atoms with Gasteiger partial charge in [-0.1, -0.05) is 17.7 Å². The molecular weight excluding hydrogens is 442 g/mol. The van der Waals surface area contributed by atoms with E-state index in [1.54, 1.807) is 54.7 Å². The Hall–Kier alpha value is -2.88. The third-order valence-electron chi connectivity index (χ3n) is 5.41. The van der Waals surface area contributed by atoms with E-state index >= 15 is 0 Å². The molecule has 0 aliphatic rings. The molecule has 0 unspecified atom stereocenters. The highest BCUT2D eigenvalue weighted by Gasteiger charge is 2.29. The molecule has 0 spiro atoms. The molecule has 0 aliphatic heterocycles. The van der Waals surface area contributed by atoms with Gasteiger partial charge in [-0.05, 0) is 49.7 Å². The maximum atomic E-state index is 13.4. The van der Waals surface area contributed by atoms with Gasteiger partial charge in [-0.15, -0.1) is 0 Å². The van der Waals surface area contributed by atoms with Crippen LogP contribution >= 0.6 is 0 Å². The highest BCUT2D eigenvalue weighted by atomic mass is 32.2. The highest BCUT2D eigenvalue weighted by Crippen LogP contribution is 2.18. The van der Waals surface area contributed by atoms with Crippen LogP contribution in [0.15, 0.2) is 70.3 Å². The zero-order valence-electron chi connectivity index (χ0n) is 19.3. The molecule has 1 amide bonds. The number of carbonyl (C=O) groups excluding carboxylic acids is 1. The average Bonchev–Trinajstić information content (AvgIpc) is 3.44. The smallest absolute Gasteiger partial charge is 0.243 e. The van der Waals surface area contributed by atoms with Crippen molar-refractivity contribution < 1.29 is 22.4 Å². The Morgan fingerprint density at radius 1 is 1.09 bits per heavy atom. The minimum Gasteiger partial charge on any atom is -0.467 e. The van der Waals surface area contributed by atoms with Gasteiger partial charge in [0.15, 0.2) is 0 Å². The zero-order chi connectivity index (χ0) is 23.8. The molecule has 178 valence electrons. The summed E-state index contributed by atoms with van der Waals surface area (Å²) in [4.78, 5) is 15.2. The fourth-order valence-electron chi connectivity index (χ4n) is 3.46. The molecule has 1 aromatic carbocycles. The number of aromatic nitrogens is 1. The van der Waals surface area contributed by atoms with Gasteiger partial charge in [-0.2, -0.15) is 4.31 Å². The normalized spacial score (nSPS) is 11.8. The Balaban J connectivity index is 1.85. The Morgan fingerprint density at radius 3 is 2.45 bits per heavy atom. The Morgan fingerprint density at radius 2 is 1.85 bits per heavy atom. The molecule has 0 N–H and O–H groups in total. The number of sulfonamides is 1. The van der Waals surface area contributed by atoms with E-state index in [9.17, 15) is 13.2 Å². The maximum Gasteiger partial charge on any atom is 0.243 e. The van der Waals surface area contributed by atoms with Crippen LogP contribution in [0.2, 0.25) is 0 Å². The van der Waals surface area contributed by atoms with E-state index in [2.05, 4.69) is 0 Å². The molecule has 33 heavy (non-hydrogen) atoms. The van der Waals surface area contributed by atoms with Crippen LogP contribution < -0.4 is 0 Å². The average molecular weight is 474 g/mol. The lowest BCUT2D eigenvalue weighted by Crippen LogP contribution is -2.43. The summed E-state index contributed by atoms with van der Waals surface area (Å²) in [5, 5.41) is 0. The second-order valence-electron chi connectivity index (χ2n) is 7.94. The minimum absolute atomic E-state index is 0.165. The van der Waals surface area contributed by atoms with E-state index in [1.165, 1.54) is 4.31 Å². The monoisotopic (exact) mass is 473 g/mol. The summed E-state index contributed by atoms with van der Waals surface area (Å²) >= 11 is 0. The summed E-state index contributed by atoms with van der Waals surface area (Å²) in [5.41, 5.74) is 1.89. The van der Waals surface area contributed by atoms with Crippen LogP contribution in [0, 0.1) is 6.92 Å². The third-order valence-corrected chi connectivity index (χ3v) is 7.27. The number of methoxy groups -OCH3 is 1. The quantitative estimate of drug-likeness (QED) is 0.377. The largest absolute Gasteiger partial charge is 0.467 e. The van der Waals surface area contributed by atoms with Crippen LogP contribution in [0.25, 0.3) is 0 Å². The van der Waals surface area contributed by atoms with Crippen LogP contribution in [0.3, 0.4) is 0 Å². The van der Waals surface area contributed by atoms with Crippen molar-refractivity contribution in [3.63, 3.8) is 0 Å². The van der Waals surface area contributed by atoms with Crippen molar-refractivity contribution in [2.45, 2.75) is 31.3 Å². The van der Waals surface area contributed by atoms with Crippen LogP contribution in [0.4, 0.5) is 0 Å². The number of hydrogen-bond acceptors (Lipinski definition) is 5. The molecule has 0 aliphatic carbocycles. The van der Waals surface area contributed by atoms with Crippen LogP contribution in [-0.2, 0) is 39.7 Å². The Labute approximate surface area is 195 Å². The minimum atomic E-state index is -3.86. The summed E-state index contributed by atoms with van der Waals surface area (Å²) in [6, 6.07) is 14.0. The molecule has 3 rings (SSSR count). The van der Waals surface area contributed by atoms with Crippen LogP contribution in [-0.4, -0.2) is 54.9 Å². The fourth-order valence-corrected chi connectivity index (χ4v) is 4.89.